The zero-order valence-corrected chi connectivity index (χ0v) is 15.5. The fraction of sp³-hybridized carbons (Fsp3) is 0.526. The van der Waals surface area contributed by atoms with E-state index in [9.17, 15) is 18.0 Å². The molecule has 0 aromatic carbocycles. The number of aryl methyl sites for hydroxylation is 2. The SMILES string of the molecule is O=c1cc2c(nn1CCN1CCN(c3ccc(C(F)(F)F)cn3)CC1)CCC2. The molecule has 9 heteroatoms. The van der Waals surface area contributed by atoms with E-state index in [0.29, 0.717) is 25.5 Å². The number of anilines is 1. The molecule has 2 aromatic rings. The van der Waals surface area contributed by atoms with Gasteiger partial charge in [-0.25, -0.2) is 9.67 Å². The normalized spacial score (nSPS) is 17.8. The molecular formula is C19H22F3N5O. The first-order valence-corrected chi connectivity index (χ1v) is 9.50. The van der Waals surface area contributed by atoms with Crippen LogP contribution in [0.2, 0.25) is 0 Å². The smallest absolute Gasteiger partial charge is 0.354 e. The number of alkyl halides is 3. The first-order valence-electron chi connectivity index (χ1n) is 9.50. The Morgan fingerprint density at radius 1 is 1.04 bits per heavy atom. The molecule has 0 saturated carbocycles. The van der Waals surface area contributed by atoms with E-state index in [1.54, 1.807) is 10.7 Å². The van der Waals surface area contributed by atoms with E-state index in [1.165, 1.54) is 6.07 Å². The number of rotatable bonds is 4. The predicted octanol–water partition coefficient (Wildman–Crippen LogP) is 1.97. The average molecular weight is 393 g/mol. The van der Waals surface area contributed by atoms with Crippen molar-refractivity contribution >= 4 is 5.82 Å². The fourth-order valence-electron chi connectivity index (χ4n) is 3.78. The molecule has 2 aliphatic rings. The van der Waals surface area contributed by atoms with Gasteiger partial charge in [-0.2, -0.15) is 18.3 Å². The highest BCUT2D eigenvalue weighted by Gasteiger charge is 2.31. The molecule has 0 atom stereocenters. The van der Waals surface area contributed by atoms with E-state index in [2.05, 4.69) is 15.0 Å². The number of nitrogens with zero attached hydrogens (tertiary/aromatic N) is 5. The van der Waals surface area contributed by atoms with Crippen molar-refractivity contribution in [2.75, 3.05) is 37.6 Å². The lowest BCUT2D eigenvalue weighted by Crippen LogP contribution is -2.48. The molecule has 0 unspecified atom stereocenters. The van der Waals surface area contributed by atoms with Crippen LogP contribution in [0.4, 0.5) is 19.0 Å². The zero-order valence-electron chi connectivity index (χ0n) is 15.5. The molecule has 150 valence electrons. The van der Waals surface area contributed by atoms with E-state index in [4.69, 9.17) is 0 Å². The van der Waals surface area contributed by atoms with E-state index in [0.717, 1.165) is 62.4 Å². The Kier molecular flexibility index (Phi) is 5.09. The maximum atomic E-state index is 12.6. The summed E-state index contributed by atoms with van der Waals surface area (Å²) in [6, 6.07) is 4.21. The lowest BCUT2D eigenvalue weighted by Gasteiger charge is -2.35. The monoisotopic (exact) mass is 393 g/mol. The molecule has 1 saturated heterocycles. The Bertz CT molecular complexity index is 886. The van der Waals surface area contributed by atoms with Gasteiger partial charge in [0.1, 0.15) is 5.82 Å². The largest absolute Gasteiger partial charge is 0.417 e. The van der Waals surface area contributed by atoms with Crippen molar-refractivity contribution in [1.29, 1.82) is 0 Å². The van der Waals surface area contributed by atoms with Crippen LogP contribution < -0.4 is 10.5 Å². The van der Waals surface area contributed by atoms with Crippen LogP contribution in [0.1, 0.15) is 23.2 Å². The fourth-order valence-corrected chi connectivity index (χ4v) is 3.78. The van der Waals surface area contributed by atoms with E-state index >= 15 is 0 Å². The Hall–Kier alpha value is -2.42. The molecule has 4 rings (SSSR count). The van der Waals surface area contributed by atoms with Gasteiger partial charge in [0.2, 0.25) is 0 Å². The molecule has 3 heterocycles. The minimum Gasteiger partial charge on any atom is -0.354 e. The number of halogens is 3. The highest BCUT2D eigenvalue weighted by atomic mass is 19.4. The number of pyridine rings is 1. The molecule has 1 aliphatic heterocycles. The van der Waals surface area contributed by atoms with Crippen LogP contribution >= 0.6 is 0 Å². The van der Waals surface area contributed by atoms with Gasteiger partial charge in [-0.1, -0.05) is 0 Å². The molecule has 1 aliphatic carbocycles. The molecule has 6 nitrogen and oxygen atoms in total. The van der Waals surface area contributed by atoms with Crippen molar-refractivity contribution in [2.24, 2.45) is 0 Å². The van der Waals surface area contributed by atoms with E-state index in [1.807, 2.05) is 4.90 Å². The van der Waals surface area contributed by atoms with Gasteiger partial charge in [-0.05, 0) is 37.0 Å². The number of piperazine rings is 1. The van der Waals surface area contributed by atoms with E-state index < -0.39 is 11.7 Å². The second-order valence-corrected chi connectivity index (χ2v) is 7.26. The number of fused-ring (bicyclic) bond motifs is 1. The molecule has 0 bridgehead atoms. The van der Waals surface area contributed by atoms with Gasteiger partial charge >= 0.3 is 6.18 Å². The van der Waals surface area contributed by atoms with Crippen molar-refractivity contribution in [3.05, 3.63) is 51.6 Å². The molecule has 28 heavy (non-hydrogen) atoms. The molecule has 0 radical (unpaired) electrons. The van der Waals surface area contributed by atoms with E-state index in [-0.39, 0.29) is 5.56 Å². The van der Waals surface area contributed by atoms with Crippen LogP contribution in [0.3, 0.4) is 0 Å². The minimum absolute atomic E-state index is 0.0479. The van der Waals surface area contributed by atoms with Crippen LogP contribution in [0.15, 0.2) is 29.2 Å². The number of hydrogen-bond acceptors (Lipinski definition) is 5. The standard InChI is InChI=1S/C19H22F3N5O/c20-19(21,22)15-4-5-17(23-13-15)26-9-6-25(7-10-26)8-11-27-18(28)12-14-2-1-3-16(14)24-27/h4-5,12-13H,1-3,6-11H2. The van der Waals surface area contributed by atoms with Crippen molar-refractivity contribution in [3.63, 3.8) is 0 Å². The third-order valence-corrected chi connectivity index (χ3v) is 5.42. The van der Waals surface area contributed by atoms with Crippen molar-refractivity contribution in [2.45, 2.75) is 32.0 Å². The third-order valence-electron chi connectivity index (χ3n) is 5.42. The quantitative estimate of drug-likeness (QED) is 0.795. The summed E-state index contributed by atoms with van der Waals surface area (Å²) in [5, 5.41) is 4.49. The van der Waals surface area contributed by atoms with Crippen molar-refractivity contribution in [1.82, 2.24) is 19.7 Å². The van der Waals surface area contributed by atoms with Crippen LogP contribution in [0.5, 0.6) is 0 Å². The highest BCUT2D eigenvalue weighted by Crippen LogP contribution is 2.29. The van der Waals surface area contributed by atoms with Crippen LogP contribution in [0.25, 0.3) is 0 Å². The topological polar surface area (TPSA) is 54.3 Å². The summed E-state index contributed by atoms with van der Waals surface area (Å²) in [4.78, 5) is 20.4. The summed E-state index contributed by atoms with van der Waals surface area (Å²) in [7, 11) is 0. The van der Waals surface area contributed by atoms with Crippen LogP contribution in [0, 0.1) is 0 Å². The second-order valence-electron chi connectivity index (χ2n) is 7.26. The Balaban J connectivity index is 1.31. The molecular weight excluding hydrogens is 371 g/mol. The maximum Gasteiger partial charge on any atom is 0.417 e. The lowest BCUT2D eigenvalue weighted by molar-refractivity contribution is -0.137. The third kappa shape index (κ3) is 4.04. The van der Waals surface area contributed by atoms with Gasteiger partial charge in [-0.15, -0.1) is 0 Å². The van der Waals surface area contributed by atoms with Gasteiger partial charge in [0.15, 0.2) is 0 Å². The summed E-state index contributed by atoms with van der Waals surface area (Å²) < 4.78 is 39.5. The molecule has 0 N–H and O–H groups in total. The Morgan fingerprint density at radius 3 is 2.50 bits per heavy atom. The zero-order chi connectivity index (χ0) is 19.7. The second kappa shape index (κ2) is 7.54. The van der Waals surface area contributed by atoms with Crippen LogP contribution in [-0.4, -0.2) is 52.4 Å². The summed E-state index contributed by atoms with van der Waals surface area (Å²) in [6.07, 6.45) is -0.542. The molecule has 0 spiro atoms. The average Bonchev–Trinajstić information content (AvgIpc) is 3.13. The van der Waals surface area contributed by atoms with Gasteiger partial charge in [0, 0.05) is 45.0 Å². The minimum atomic E-state index is -4.37. The summed E-state index contributed by atoms with van der Waals surface area (Å²) in [5.74, 6) is 0.559. The first kappa shape index (κ1) is 18.9. The maximum absolute atomic E-state index is 12.6. The van der Waals surface area contributed by atoms with Crippen LogP contribution in [-0.2, 0) is 25.6 Å². The van der Waals surface area contributed by atoms with Gasteiger partial charge < -0.3 is 4.90 Å². The van der Waals surface area contributed by atoms with Crippen molar-refractivity contribution < 1.29 is 13.2 Å². The van der Waals surface area contributed by atoms with Gasteiger partial charge in [0.25, 0.3) is 5.56 Å². The van der Waals surface area contributed by atoms with Gasteiger partial charge in [-0.3, -0.25) is 9.69 Å². The summed E-state index contributed by atoms with van der Waals surface area (Å²) in [5.41, 5.74) is 1.34. The summed E-state index contributed by atoms with van der Waals surface area (Å²) >= 11 is 0. The highest BCUT2D eigenvalue weighted by molar-refractivity contribution is 5.40. The van der Waals surface area contributed by atoms with Gasteiger partial charge in [0.05, 0.1) is 17.8 Å². The lowest BCUT2D eigenvalue weighted by atomic mass is 10.2. The number of hydrogen-bond donors (Lipinski definition) is 0. The predicted molar refractivity (Wildman–Crippen MR) is 98.4 cm³/mol. The van der Waals surface area contributed by atoms with Crippen molar-refractivity contribution in [3.8, 4) is 0 Å². The molecule has 2 aromatic heterocycles. The first-order chi connectivity index (χ1) is 13.4. The Morgan fingerprint density at radius 2 is 1.82 bits per heavy atom. The number of aromatic nitrogens is 3. The molecule has 1 fully saturated rings. The molecule has 0 amide bonds. The summed E-state index contributed by atoms with van der Waals surface area (Å²) in [6.45, 7) is 4.17. The Labute approximate surface area is 160 Å².